The van der Waals surface area contributed by atoms with Crippen LogP contribution in [0.3, 0.4) is 0 Å². The summed E-state index contributed by atoms with van der Waals surface area (Å²) in [5, 5.41) is 22.6. The number of hydrogen-bond donors (Lipinski definition) is 3. The van der Waals surface area contributed by atoms with Crippen molar-refractivity contribution in [3.63, 3.8) is 0 Å². The topological polar surface area (TPSA) is 95.3 Å². The van der Waals surface area contributed by atoms with Crippen molar-refractivity contribution < 1.29 is 15.0 Å². The normalized spacial score (nSPS) is 11.7. The zero-order valence-electron chi connectivity index (χ0n) is 14.3. The van der Waals surface area contributed by atoms with Crippen LogP contribution in [-0.4, -0.2) is 26.1 Å². The van der Waals surface area contributed by atoms with Crippen LogP contribution in [0, 0.1) is 0 Å². The Hall–Kier alpha value is -3.41. The summed E-state index contributed by atoms with van der Waals surface area (Å²) in [6.45, 7) is 2.15. The summed E-state index contributed by atoms with van der Waals surface area (Å²) in [6, 6.07) is 18.9. The van der Waals surface area contributed by atoms with Crippen LogP contribution in [0.2, 0.25) is 0 Å². The second-order valence-electron chi connectivity index (χ2n) is 5.90. The van der Waals surface area contributed by atoms with Crippen LogP contribution < -0.4 is 5.32 Å². The van der Waals surface area contributed by atoms with Crippen molar-refractivity contribution in [2.75, 3.05) is 0 Å². The Morgan fingerprint density at radius 3 is 2.27 bits per heavy atom. The van der Waals surface area contributed by atoms with Gasteiger partial charge in [-0.3, -0.25) is 4.79 Å². The Bertz CT molecular complexity index is 899. The number of hydrogen-bond acceptors (Lipinski definition) is 5. The number of aromatic hydroxyl groups is 2. The summed E-state index contributed by atoms with van der Waals surface area (Å²) in [5.74, 6) is -1.80. The Morgan fingerprint density at radius 1 is 1.00 bits per heavy atom. The molecule has 1 amide bonds. The summed E-state index contributed by atoms with van der Waals surface area (Å²) in [4.78, 5) is 20.5. The highest BCUT2D eigenvalue weighted by molar-refractivity contribution is 5.95. The SMILES string of the molecule is CC(c1ccccc1)c1nc(O)c(O)c(C(=O)NCc2ccccc2)n1. The van der Waals surface area contributed by atoms with E-state index in [1.165, 1.54) is 0 Å². The number of nitrogens with zero attached hydrogens (tertiary/aromatic N) is 2. The molecule has 0 bridgehead atoms. The lowest BCUT2D eigenvalue weighted by Gasteiger charge is -2.13. The molecule has 0 spiro atoms. The van der Waals surface area contributed by atoms with E-state index in [9.17, 15) is 15.0 Å². The molecule has 0 saturated heterocycles. The highest BCUT2D eigenvalue weighted by Crippen LogP contribution is 2.29. The predicted octanol–water partition coefficient (Wildman–Crippen LogP) is 2.97. The molecule has 6 nitrogen and oxygen atoms in total. The fraction of sp³-hybridized carbons (Fsp3) is 0.150. The maximum atomic E-state index is 12.4. The molecule has 2 aromatic carbocycles. The molecule has 0 aliphatic heterocycles. The van der Waals surface area contributed by atoms with Gasteiger partial charge in [-0.2, -0.15) is 4.98 Å². The molecule has 0 aliphatic rings. The molecule has 3 N–H and O–H groups in total. The number of nitrogens with one attached hydrogen (secondary N) is 1. The largest absolute Gasteiger partial charge is 0.501 e. The predicted molar refractivity (Wildman–Crippen MR) is 96.9 cm³/mol. The molecule has 3 rings (SSSR count). The highest BCUT2D eigenvalue weighted by Gasteiger charge is 2.22. The summed E-state index contributed by atoms with van der Waals surface area (Å²) in [7, 11) is 0. The van der Waals surface area contributed by atoms with Crippen LogP contribution in [0.15, 0.2) is 60.7 Å². The van der Waals surface area contributed by atoms with E-state index in [2.05, 4.69) is 15.3 Å². The quantitative estimate of drug-likeness (QED) is 0.658. The lowest BCUT2D eigenvalue weighted by Crippen LogP contribution is -2.24. The van der Waals surface area contributed by atoms with Crippen molar-refractivity contribution in [1.82, 2.24) is 15.3 Å². The van der Waals surface area contributed by atoms with Gasteiger partial charge < -0.3 is 15.5 Å². The van der Waals surface area contributed by atoms with Gasteiger partial charge >= 0.3 is 0 Å². The molecular weight excluding hydrogens is 330 g/mol. The third-order valence-electron chi connectivity index (χ3n) is 4.08. The summed E-state index contributed by atoms with van der Waals surface area (Å²) in [6.07, 6.45) is 0. The summed E-state index contributed by atoms with van der Waals surface area (Å²) in [5.41, 5.74) is 1.61. The van der Waals surface area contributed by atoms with Crippen molar-refractivity contribution in [1.29, 1.82) is 0 Å². The number of carbonyl (C=O) groups excluding carboxylic acids is 1. The van der Waals surface area contributed by atoms with Gasteiger partial charge in [-0.1, -0.05) is 67.6 Å². The molecule has 0 aliphatic carbocycles. The first-order valence-electron chi connectivity index (χ1n) is 8.23. The molecule has 6 heteroatoms. The minimum Gasteiger partial charge on any atom is -0.501 e. The van der Waals surface area contributed by atoms with Crippen LogP contribution >= 0.6 is 0 Å². The van der Waals surface area contributed by atoms with E-state index in [4.69, 9.17) is 0 Å². The molecule has 132 valence electrons. The monoisotopic (exact) mass is 349 g/mol. The molecule has 1 heterocycles. The molecule has 1 atom stereocenters. The van der Waals surface area contributed by atoms with Crippen LogP contribution in [0.1, 0.15) is 40.3 Å². The van der Waals surface area contributed by atoms with Crippen molar-refractivity contribution in [2.45, 2.75) is 19.4 Å². The second kappa shape index (κ2) is 7.65. The zero-order valence-corrected chi connectivity index (χ0v) is 14.3. The summed E-state index contributed by atoms with van der Waals surface area (Å²) < 4.78 is 0. The number of carbonyl (C=O) groups is 1. The third kappa shape index (κ3) is 3.80. The average molecular weight is 349 g/mol. The number of amides is 1. The van der Waals surface area contributed by atoms with E-state index in [1.807, 2.05) is 67.6 Å². The number of benzene rings is 2. The van der Waals surface area contributed by atoms with Gasteiger partial charge in [0.2, 0.25) is 5.75 Å². The zero-order chi connectivity index (χ0) is 18.5. The van der Waals surface area contributed by atoms with Gasteiger partial charge in [0.1, 0.15) is 5.82 Å². The van der Waals surface area contributed by atoms with Gasteiger partial charge in [0.15, 0.2) is 5.69 Å². The average Bonchev–Trinajstić information content (AvgIpc) is 2.69. The number of aromatic nitrogens is 2. The van der Waals surface area contributed by atoms with Crippen molar-refractivity contribution >= 4 is 5.91 Å². The Morgan fingerprint density at radius 2 is 1.62 bits per heavy atom. The lowest BCUT2D eigenvalue weighted by molar-refractivity contribution is 0.0941. The van der Waals surface area contributed by atoms with Crippen LogP contribution in [0.5, 0.6) is 11.6 Å². The van der Waals surface area contributed by atoms with Crippen LogP contribution in [0.4, 0.5) is 0 Å². The minimum atomic E-state index is -0.625. The lowest BCUT2D eigenvalue weighted by atomic mass is 10.0. The van der Waals surface area contributed by atoms with Crippen molar-refractivity contribution in [3.8, 4) is 11.6 Å². The third-order valence-corrected chi connectivity index (χ3v) is 4.08. The van der Waals surface area contributed by atoms with E-state index in [0.29, 0.717) is 0 Å². The maximum Gasteiger partial charge on any atom is 0.274 e. The summed E-state index contributed by atoms with van der Waals surface area (Å²) >= 11 is 0. The van der Waals surface area contributed by atoms with Gasteiger partial charge in [-0.15, -0.1) is 0 Å². The molecule has 3 aromatic rings. The maximum absolute atomic E-state index is 12.4. The van der Waals surface area contributed by atoms with Gasteiger partial charge in [0, 0.05) is 12.5 Å². The van der Waals surface area contributed by atoms with Gasteiger partial charge in [0.25, 0.3) is 11.8 Å². The van der Waals surface area contributed by atoms with Gasteiger partial charge in [0.05, 0.1) is 0 Å². The van der Waals surface area contributed by atoms with Crippen molar-refractivity contribution in [3.05, 3.63) is 83.3 Å². The van der Waals surface area contributed by atoms with Gasteiger partial charge in [-0.05, 0) is 11.1 Å². The molecular formula is C20H19N3O3. The minimum absolute atomic E-state index is 0.244. The first-order valence-corrected chi connectivity index (χ1v) is 8.23. The van der Waals surface area contributed by atoms with Crippen LogP contribution in [0.25, 0.3) is 0 Å². The first-order chi connectivity index (χ1) is 12.6. The standard InChI is InChI=1S/C20H19N3O3/c1-13(15-10-6-3-7-11-15)18-22-16(17(24)20(26)23-18)19(25)21-12-14-8-4-2-5-9-14/h2-11,13,24H,12H2,1H3,(H,21,25)(H,22,23,26). The molecule has 1 aromatic heterocycles. The molecule has 1 unspecified atom stereocenters. The van der Waals surface area contributed by atoms with E-state index in [1.54, 1.807) is 0 Å². The van der Waals surface area contributed by atoms with Crippen molar-refractivity contribution in [2.24, 2.45) is 0 Å². The fourth-order valence-electron chi connectivity index (χ4n) is 2.56. The molecule has 26 heavy (non-hydrogen) atoms. The second-order valence-corrected chi connectivity index (χ2v) is 5.90. The van der Waals surface area contributed by atoms with E-state index < -0.39 is 17.5 Å². The Labute approximate surface area is 151 Å². The van der Waals surface area contributed by atoms with E-state index in [-0.39, 0.29) is 24.0 Å². The smallest absolute Gasteiger partial charge is 0.274 e. The Balaban J connectivity index is 1.84. The first kappa shape index (κ1) is 17.4. The molecule has 0 fully saturated rings. The van der Waals surface area contributed by atoms with E-state index >= 15 is 0 Å². The van der Waals surface area contributed by atoms with Gasteiger partial charge in [-0.25, -0.2) is 4.98 Å². The highest BCUT2D eigenvalue weighted by atomic mass is 16.3. The number of rotatable bonds is 5. The van der Waals surface area contributed by atoms with E-state index in [0.717, 1.165) is 11.1 Å². The Kier molecular flexibility index (Phi) is 5.12. The fourth-order valence-corrected chi connectivity index (χ4v) is 2.56. The molecule has 0 radical (unpaired) electrons. The molecule has 0 saturated carbocycles. The van der Waals surface area contributed by atoms with Crippen LogP contribution in [-0.2, 0) is 6.54 Å².